The van der Waals surface area contributed by atoms with Crippen LogP contribution in [-0.2, 0) is 10.1 Å². The highest BCUT2D eigenvalue weighted by Crippen LogP contribution is 2.36. The van der Waals surface area contributed by atoms with Crippen LogP contribution in [0, 0.1) is 0 Å². The summed E-state index contributed by atoms with van der Waals surface area (Å²) in [5, 5.41) is 0. The summed E-state index contributed by atoms with van der Waals surface area (Å²) in [5.41, 5.74) is -5.82. The van der Waals surface area contributed by atoms with E-state index in [2.05, 4.69) is 9.17 Å². The van der Waals surface area contributed by atoms with Gasteiger partial charge < -0.3 is 4.18 Å². The molecule has 1 aromatic carbocycles. The van der Waals surface area contributed by atoms with E-state index in [9.17, 15) is 26.4 Å². The third kappa shape index (κ3) is 3.39. The SMILES string of the molecule is O=c1cc(OS(=O)(=O)C(F)(F)F)nc(C2CCC2)n1-c1ccccc1. The number of rotatable bonds is 4. The standard InChI is InChI=1S/C15H13F3N2O4S/c16-15(17,18)25(22,23)24-12-9-13(21)20(11-7-2-1-3-8-11)14(19-12)10-5-4-6-10/h1-3,7-10H,4-6H2. The number of halogens is 3. The monoisotopic (exact) mass is 374 g/mol. The Morgan fingerprint density at radius 1 is 1.16 bits per heavy atom. The van der Waals surface area contributed by atoms with Crippen LogP contribution < -0.4 is 9.74 Å². The third-order valence-electron chi connectivity index (χ3n) is 3.88. The van der Waals surface area contributed by atoms with Gasteiger partial charge in [0, 0.05) is 5.92 Å². The Kier molecular flexibility index (Phi) is 4.31. The van der Waals surface area contributed by atoms with Gasteiger partial charge in [-0.25, -0.2) is 0 Å². The fraction of sp³-hybridized carbons (Fsp3) is 0.333. The summed E-state index contributed by atoms with van der Waals surface area (Å²) >= 11 is 0. The van der Waals surface area contributed by atoms with Gasteiger partial charge >= 0.3 is 15.6 Å². The number of alkyl halides is 3. The zero-order chi connectivity index (χ0) is 18.2. The van der Waals surface area contributed by atoms with Gasteiger partial charge in [-0.3, -0.25) is 9.36 Å². The van der Waals surface area contributed by atoms with E-state index in [4.69, 9.17) is 0 Å². The molecule has 134 valence electrons. The van der Waals surface area contributed by atoms with Crippen molar-refractivity contribution in [1.29, 1.82) is 0 Å². The molecule has 1 fully saturated rings. The molecule has 0 bridgehead atoms. The quantitative estimate of drug-likeness (QED) is 0.607. The average Bonchev–Trinajstić information content (AvgIpc) is 2.44. The van der Waals surface area contributed by atoms with Crippen molar-refractivity contribution in [2.75, 3.05) is 0 Å². The van der Waals surface area contributed by atoms with Crippen LogP contribution in [0.25, 0.3) is 5.69 Å². The molecule has 1 aliphatic carbocycles. The molecule has 1 heterocycles. The third-order valence-corrected chi connectivity index (χ3v) is 4.84. The van der Waals surface area contributed by atoms with Gasteiger partial charge in [0.1, 0.15) is 5.82 Å². The second kappa shape index (κ2) is 6.17. The lowest BCUT2D eigenvalue weighted by atomic mass is 9.84. The van der Waals surface area contributed by atoms with Crippen molar-refractivity contribution in [1.82, 2.24) is 9.55 Å². The first-order chi connectivity index (χ1) is 11.7. The number of para-hydroxylation sites is 1. The highest BCUT2D eigenvalue weighted by atomic mass is 32.2. The van der Waals surface area contributed by atoms with Crippen molar-refractivity contribution in [3.8, 4) is 11.6 Å². The summed E-state index contributed by atoms with van der Waals surface area (Å²) in [4.78, 5) is 16.3. The molecule has 1 saturated carbocycles. The zero-order valence-corrected chi connectivity index (χ0v) is 13.5. The molecule has 1 aliphatic rings. The minimum atomic E-state index is -5.89. The summed E-state index contributed by atoms with van der Waals surface area (Å²) in [5.74, 6) is -0.834. The number of aromatic nitrogens is 2. The van der Waals surface area contributed by atoms with Crippen LogP contribution in [0.5, 0.6) is 5.88 Å². The number of hydrogen-bond donors (Lipinski definition) is 0. The molecule has 6 nitrogen and oxygen atoms in total. The molecular formula is C15H13F3N2O4S. The van der Waals surface area contributed by atoms with Crippen LogP contribution in [0.2, 0.25) is 0 Å². The van der Waals surface area contributed by atoms with Crippen molar-refractivity contribution in [2.24, 2.45) is 0 Å². The maximum Gasteiger partial charge on any atom is 0.534 e. The molecule has 0 atom stereocenters. The molecule has 0 unspecified atom stereocenters. The Balaban J connectivity index is 2.10. The van der Waals surface area contributed by atoms with Crippen LogP contribution in [0.1, 0.15) is 31.0 Å². The van der Waals surface area contributed by atoms with Crippen LogP contribution >= 0.6 is 0 Å². The summed E-state index contributed by atoms with van der Waals surface area (Å²) in [6.45, 7) is 0. The number of benzene rings is 1. The first-order valence-corrected chi connectivity index (χ1v) is 8.80. The average molecular weight is 374 g/mol. The first kappa shape index (κ1) is 17.5. The normalized spacial score (nSPS) is 15.6. The Labute approximate surface area is 141 Å². The maximum atomic E-state index is 12.5. The molecule has 0 radical (unpaired) electrons. The minimum Gasteiger partial charge on any atom is -0.355 e. The molecule has 0 N–H and O–H groups in total. The summed E-state index contributed by atoms with van der Waals surface area (Å²) in [6.07, 6.45) is 2.30. The fourth-order valence-electron chi connectivity index (χ4n) is 2.46. The van der Waals surface area contributed by atoms with Gasteiger partial charge in [0.05, 0.1) is 11.8 Å². The molecule has 2 aromatic rings. The van der Waals surface area contributed by atoms with Crippen molar-refractivity contribution in [3.05, 3.63) is 52.6 Å². The fourth-order valence-corrected chi connectivity index (χ4v) is 2.86. The van der Waals surface area contributed by atoms with Gasteiger partial charge in [-0.2, -0.15) is 26.6 Å². The Bertz CT molecular complexity index is 935. The van der Waals surface area contributed by atoms with Crippen LogP contribution in [0.4, 0.5) is 13.2 Å². The first-order valence-electron chi connectivity index (χ1n) is 7.39. The van der Waals surface area contributed by atoms with Gasteiger partial charge in [-0.15, -0.1) is 0 Å². The molecule has 0 amide bonds. The number of nitrogens with zero attached hydrogens (tertiary/aromatic N) is 2. The second-order valence-corrected chi connectivity index (χ2v) is 7.11. The molecule has 3 rings (SSSR count). The molecule has 10 heteroatoms. The lowest BCUT2D eigenvalue weighted by Gasteiger charge is -2.27. The highest BCUT2D eigenvalue weighted by Gasteiger charge is 2.49. The van der Waals surface area contributed by atoms with Gasteiger partial charge in [-0.1, -0.05) is 24.6 Å². The predicted molar refractivity (Wildman–Crippen MR) is 82.0 cm³/mol. The molecule has 0 saturated heterocycles. The minimum absolute atomic E-state index is 0.148. The predicted octanol–water partition coefficient (Wildman–Crippen LogP) is 2.73. The molecule has 0 spiro atoms. The van der Waals surface area contributed by atoms with Crippen LogP contribution in [0.3, 0.4) is 0 Å². The van der Waals surface area contributed by atoms with Crippen LogP contribution in [-0.4, -0.2) is 23.5 Å². The van der Waals surface area contributed by atoms with E-state index < -0.39 is 27.1 Å². The van der Waals surface area contributed by atoms with Crippen molar-refractivity contribution >= 4 is 10.1 Å². The van der Waals surface area contributed by atoms with E-state index in [1.807, 2.05) is 0 Å². The van der Waals surface area contributed by atoms with E-state index in [-0.39, 0.29) is 11.7 Å². The van der Waals surface area contributed by atoms with Gasteiger partial charge in [0.25, 0.3) is 5.56 Å². The summed E-state index contributed by atoms with van der Waals surface area (Å²) < 4.78 is 65.0. The van der Waals surface area contributed by atoms with Crippen molar-refractivity contribution in [3.63, 3.8) is 0 Å². The second-order valence-electron chi connectivity index (χ2n) is 5.57. The van der Waals surface area contributed by atoms with Gasteiger partial charge in [0.15, 0.2) is 0 Å². The van der Waals surface area contributed by atoms with E-state index in [0.717, 1.165) is 6.42 Å². The Morgan fingerprint density at radius 2 is 1.80 bits per heavy atom. The van der Waals surface area contributed by atoms with E-state index in [0.29, 0.717) is 24.6 Å². The molecule has 25 heavy (non-hydrogen) atoms. The lowest BCUT2D eigenvalue weighted by Crippen LogP contribution is -2.31. The summed E-state index contributed by atoms with van der Waals surface area (Å²) in [6, 6.07) is 9.09. The van der Waals surface area contributed by atoms with Crippen molar-refractivity contribution < 1.29 is 25.8 Å². The smallest absolute Gasteiger partial charge is 0.355 e. The van der Waals surface area contributed by atoms with E-state index in [1.165, 1.54) is 4.57 Å². The van der Waals surface area contributed by atoms with Crippen LogP contribution in [0.15, 0.2) is 41.2 Å². The summed E-state index contributed by atoms with van der Waals surface area (Å²) in [7, 11) is -5.89. The van der Waals surface area contributed by atoms with Crippen molar-refractivity contribution in [2.45, 2.75) is 30.7 Å². The zero-order valence-electron chi connectivity index (χ0n) is 12.7. The largest absolute Gasteiger partial charge is 0.534 e. The van der Waals surface area contributed by atoms with E-state index >= 15 is 0 Å². The van der Waals surface area contributed by atoms with Gasteiger partial charge in [0.2, 0.25) is 5.88 Å². The molecule has 1 aromatic heterocycles. The topological polar surface area (TPSA) is 78.3 Å². The molecule has 0 aliphatic heterocycles. The lowest BCUT2D eigenvalue weighted by molar-refractivity contribution is -0.0501. The van der Waals surface area contributed by atoms with E-state index in [1.54, 1.807) is 30.3 Å². The Hall–Kier alpha value is -2.36. The number of hydrogen-bond acceptors (Lipinski definition) is 5. The Morgan fingerprint density at radius 3 is 2.32 bits per heavy atom. The van der Waals surface area contributed by atoms with Gasteiger partial charge in [-0.05, 0) is 25.0 Å². The highest BCUT2D eigenvalue weighted by molar-refractivity contribution is 7.87. The molecular weight excluding hydrogens is 361 g/mol. The maximum absolute atomic E-state index is 12.5.